The van der Waals surface area contributed by atoms with E-state index in [1.54, 1.807) is 24.3 Å². The highest BCUT2D eigenvalue weighted by atomic mass is 79.9. The normalized spacial score (nSPS) is 11.6. The van der Waals surface area contributed by atoms with Gasteiger partial charge >= 0.3 is 12.1 Å². The van der Waals surface area contributed by atoms with Gasteiger partial charge in [0.15, 0.2) is 0 Å². The minimum atomic E-state index is -4.44. The fourth-order valence-electron chi connectivity index (χ4n) is 2.96. The van der Waals surface area contributed by atoms with Crippen LogP contribution in [0.25, 0.3) is 16.9 Å². The van der Waals surface area contributed by atoms with Gasteiger partial charge < -0.3 is 5.11 Å². The molecule has 3 aromatic rings. The van der Waals surface area contributed by atoms with Crippen LogP contribution in [-0.4, -0.2) is 20.9 Å². The maximum atomic E-state index is 12.8. The summed E-state index contributed by atoms with van der Waals surface area (Å²) in [4.78, 5) is 12.0. The van der Waals surface area contributed by atoms with E-state index >= 15 is 0 Å². The molecule has 28 heavy (non-hydrogen) atoms. The quantitative estimate of drug-likeness (QED) is 0.518. The first kappa shape index (κ1) is 20.1. The molecule has 0 amide bonds. The van der Waals surface area contributed by atoms with Crippen molar-refractivity contribution in [2.75, 3.05) is 0 Å². The maximum absolute atomic E-state index is 12.8. The molecule has 0 saturated heterocycles. The summed E-state index contributed by atoms with van der Waals surface area (Å²) in [5.74, 6) is -1.13. The number of nitrogens with zero attached hydrogens (tertiary/aromatic N) is 2. The fraction of sp³-hybridized carbons (Fsp3) is 0.200. The molecule has 146 valence electrons. The molecule has 1 heterocycles. The van der Waals surface area contributed by atoms with E-state index < -0.39 is 17.7 Å². The second kappa shape index (κ2) is 7.79. The van der Waals surface area contributed by atoms with Crippen molar-refractivity contribution in [2.45, 2.75) is 25.9 Å². The highest BCUT2D eigenvalue weighted by Crippen LogP contribution is 2.32. The summed E-state index contributed by atoms with van der Waals surface area (Å²) in [6.45, 7) is 1.90. The van der Waals surface area contributed by atoms with Crippen LogP contribution in [0.4, 0.5) is 13.2 Å². The van der Waals surface area contributed by atoms with Gasteiger partial charge in [-0.15, -0.1) is 0 Å². The number of aromatic nitrogens is 2. The maximum Gasteiger partial charge on any atom is 0.416 e. The van der Waals surface area contributed by atoms with Crippen molar-refractivity contribution < 1.29 is 23.1 Å². The Morgan fingerprint density at radius 3 is 2.21 bits per heavy atom. The predicted molar refractivity (Wildman–Crippen MR) is 103 cm³/mol. The van der Waals surface area contributed by atoms with E-state index in [0.717, 1.165) is 16.6 Å². The number of aromatic carboxylic acids is 1. The Hall–Kier alpha value is -2.61. The second-order valence-corrected chi connectivity index (χ2v) is 7.10. The van der Waals surface area contributed by atoms with Crippen molar-refractivity contribution in [3.8, 4) is 16.9 Å². The van der Waals surface area contributed by atoms with E-state index in [0.29, 0.717) is 29.8 Å². The number of carbonyl (C=O) groups is 1. The van der Waals surface area contributed by atoms with Gasteiger partial charge in [0, 0.05) is 10.0 Å². The van der Waals surface area contributed by atoms with Gasteiger partial charge in [-0.1, -0.05) is 41.4 Å². The van der Waals surface area contributed by atoms with Gasteiger partial charge in [0.05, 0.1) is 16.9 Å². The average Bonchev–Trinajstić information content (AvgIpc) is 3.01. The van der Waals surface area contributed by atoms with Crippen molar-refractivity contribution in [1.82, 2.24) is 9.78 Å². The van der Waals surface area contributed by atoms with Crippen LogP contribution in [0, 0.1) is 0 Å². The van der Waals surface area contributed by atoms with Crippen LogP contribution >= 0.6 is 15.9 Å². The lowest BCUT2D eigenvalue weighted by atomic mass is 10.0. The molecule has 0 unspecified atom stereocenters. The predicted octanol–water partition coefficient (Wildman–Crippen LogP) is 5.97. The van der Waals surface area contributed by atoms with Crippen LogP contribution in [0.2, 0.25) is 0 Å². The van der Waals surface area contributed by atoms with Gasteiger partial charge in [-0.05, 0) is 42.8 Å². The zero-order chi connectivity index (χ0) is 20.5. The molecule has 8 heteroatoms. The molecule has 0 fully saturated rings. The van der Waals surface area contributed by atoms with E-state index in [1.165, 1.54) is 16.8 Å². The van der Waals surface area contributed by atoms with Gasteiger partial charge in [0.1, 0.15) is 11.3 Å². The SMILES string of the molecule is CCCc1c(C(=O)O)c(-c2ccc(Br)cc2)nn1-c1ccc(C(F)(F)F)cc1. The van der Waals surface area contributed by atoms with Crippen molar-refractivity contribution in [1.29, 1.82) is 0 Å². The Labute approximate surface area is 167 Å². The molecule has 0 radical (unpaired) electrons. The summed E-state index contributed by atoms with van der Waals surface area (Å²) < 4.78 is 40.8. The zero-order valence-corrected chi connectivity index (χ0v) is 16.4. The van der Waals surface area contributed by atoms with Crippen LogP contribution in [0.1, 0.15) is 35.0 Å². The van der Waals surface area contributed by atoms with Crippen LogP contribution in [-0.2, 0) is 12.6 Å². The molecule has 0 aliphatic carbocycles. The Kier molecular flexibility index (Phi) is 5.60. The minimum Gasteiger partial charge on any atom is -0.478 e. The van der Waals surface area contributed by atoms with Crippen molar-refractivity contribution in [3.63, 3.8) is 0 Å². The molecule has 1 aromatic heterocycles. The molecule has 2 aromatic carbocycles. The number of hydrogen-bond acceptors (Lipinski definition) is 2. The molecule has 0 spiro atoms. The van der Waals surface area contributed by atoms with Gasteiger partial charge in [-0.2, -0.15) is 18.3 Å². The molecule has 0 aliphatic heterocycles. The summed E-state index contributed by atoms with van der Waals surface area (Å²) in [6, 6.07) is 11.6. The average molecular weight is 453 g/mol. The van der Waals surface area contributed by atoms with Gasteiger partial charge in [0.2, 0.25) is 0 Å². The molecule has 4 nitrogen and oxygen atoms in total. The summed E-state index contributed by atoms with van der Waals surface area (Å²) in [6.07, 6.45) is -3.36. The summed E-state index contributed by atoms with van der Waals surface area (Å²) in [5.41, 5.74) is 1.01. The van der Waals surface area contributed by atoms with Gasteiger partial charge in [-0.25, -0.2) is 9.48 Å². The lowest BCUT2D eigenvalue weighted by Gasteiger charge is -2.10. The van der Waals surface area contributed by atoms with E-state index in [-0.39, 0.29) is 11.3 Å². The summed E-state index contributed by atoms with van der Waals surface area (Å²) in [5, 5.41) is 14.2. The van der Waals surface area contributed by atoms with Crippen LogP contribution in [0.15, 0.2) is 53.0 Å². The minimum absolute atomic E-state index is 0.0593. The highest BCUT2D eigenvalue weighted by molar-refractivity contribution is 9.10. The fourth-order valence-corrected chi connectivity index (χ4v) is 3.22. The Morgan fingerprint density at radius 1 is 1.11 bits per heavy atom. The first-order chi connectivity index (χ1) is 13.2. The molecule has 1 N–H and O–H groups in total. The smallest absolute Gasteiger partial charge is 0.416 e. The highest BCUT2D eigenvalue weighted by Gasteiger charge is 2.30. The number of hydrogen-bond donors (Lipinski definition) is 1. The third-order valence-corrected chi connectivity index (χ3v) is 4.77. The van der Waals surface area contributed by atoms with E-state index in [9.17, 15) is 23.1 Å². The van der Waals surface area contributed by atoms with E-state index in [2.05, 4.69) is 21.0 Å². The van der Waals surface area contributed by atoms with Gasteiger partial charge in [0.25, 0.3) is 0 Å². The first-order valence-electron chi connectivity index (χ1n) is 8.51. The number of carboxylic acids is 1. The van der Waals surface area contributed by atoms with Crippen LogP contribution in [0.5, 0.6) is 0 Å². The molecule has 3 rings (SSSR count). The van der Waals surface area contributed by atoms with Crippen LogP contribution in [0.3, 0.4) is 0 Å². The Bertz CT molecular complexity index is 994. The topological polar surface area (TPSA) is 55.1 Å². The molecular weight excluding hydrogens is 437 g/mol. The molecule has 0 bridgehead atoms. The summed E-state index contributed by atoms with van der Waals surface area (Å²) in [7, 11) is 0. The van der Waals surface area contributed by atoms with Crippen molar-refractivity contribution >= 4 is 21.9 Å². The third-order valence-electron chi connectivity index (χ3n) is 4.24. The monoisotopic (exact) mass is 452 g/mol. The molecule has 0 aliphatic rings. The summed E-state index contributed by atoms with van der Waals surface area (Å²) >= 11 is 3.34. The Balaban J connectivity index is 2.19. The van der Waals surface area contributed by atoms with Gasteiger partial charge in [-0.3, -0.25) is 0 Å². The number of halogens is 4. The Morgan fingerprint density at radius 2 is 1.71 bits per heavy atom. The molecular formula is C20H16BrF3N2O2. The molecule has 0 atom stereocenters. The number of benzene rings is 2. The zero-order valence-electron chi connectivity index (χ0n) is 14.8. The van der Waals surface area contributed by atoms with E-state index in [4.69, 9.17) is 0 Å². The lowest BCUT2D eigenvalue weighted by Crippen LogP contribution is -2.08. The third kappa shape index (κ3) is 3.96. The second-order valence-electron chi connectivity index (χ2n) is 6.19. The first-order valence-corrected chi connectivity index (χ1v) is 9.30. The standard InChI is InChI=1S/C20H16BrF3N2O2/c1-2-3-16-17(19(27)28)18(12-4-8-14(21)9-5-12)25-26(16)15-10-6-13(7-11-15)20(22,23)24/h4-11H,2-3H2,1H3,(H,27,28). The van der Waals surface area contributed by atoms with Crippen LogP contribution < -0.4 is 0 Å². The molecule has 0 saturated carbocycles. The number of carboxylic acid groups (broad SMARTS) is 1. The largest absolute Gasteiger partial charge is 0.478 e. The lowest BCUT2D eigenvalue weighted by molar-refractivity contribution is -0.137. The van der Waals surface area contributed by atoms with Crippen molar-refractivity contribution in [3.05, 3.63) is 69.8 Å². The van der Waals surface area contributed by atoms with E-state index in [1.807, 2.05) is 6.92 Å². The number of rotatable bonds is 5. The number of alkyl halides is 3. The van der Waals surface area contributed by atoms with Crippen molar-refractivity contribution in [2.24, 2.45) is 0 Å².